The summed E-state index contributed by atoms with van der Waals surface area (Å²) >= 11 is 0. The van der Waals surface area contributed by atoms with E-state index in [4.69, 9.17) is 5.11 Å². The van der Waals surface area contributed by atoms with Gasteiger partial charge >= 0.3 is 0 Å². The van der Waals surface area contributed by atoms with Crippen molar-refractivity contribution in [2.45, 2.75) is 25.3 Å². The van der Waals surface area contributed by atoms with E-state index < -0.39 is 0 Å². The second kappa shape index (κ2) is 6.98. The topological polar surface area (TPSA) is 44.3 Å². The number of piperidine rings is 1. The van der Waals surface area contributed by atoms with Crippen molar-refractivity contribution in [1.29, 1.82) is 0 Å². The highest BCUT2D eigenvalue weighted by Gasteiger charge is 2.21. The highest BCUT2D eigenvalue weighted by Crippen LogP contribution is 2.16. The van der Waals surface area contributed by atoms with Crippen molar-refractivity contribution in [2.24, 2.45) is 5.92 Å². The van der Waals surface area contributed by atoms with Gasteiger partial charge in [0.05, 0.1) is 0 Å². The van der Waals surface area contributed by atoms with Crippen molar-refractivity contribution >= 4 is 0 Å². The highest BCUT2D eigenvalue weighted by atomic mass is 16.3. The van der Waals surface area contributed by atoms with E-state index in [9.17, 15) is 0 Å². The van der Waals surface area contributed by atoms with Crippen molar-refractivity contribution in [1.82, 2.24) is 10.6 Å². The van der Waals surface area contributed by atoms with Crippen molar-refractivity contribution in [2.75, 3.05) is 26.2 Å². The van der Waals surface area contributed by atoms with Crippen LogP contribution in [0.1, 0.15) is 19.3 Å². The maximum atomic E-state index is 8.98. The van der Waals surface area contributed by atoms with Crippen LogP contribution >= 0.6 is 0 Å². The zero-order valence-corrected chi connectivity index (χ0v) is 8.84. The van der Waals surface area contributed by atoms with E-state index in [1.807, 2.05) is 6.08 Å². The Morgan fingerprint density at radius 2 is 2.50 bits per heavy atom. The fraction of sp³-hybridized carbons (Fsp3) is 0.818. The quantitative estimate of drug-likeness (QED) is 0.545. The maximum Gasteiger partial charge on any atom is 0.0445 e. The molecule has 1 aliphatic heterocycles. The minimum absolute atomic E-state index is 0.269. The van der Waals surface area contributed by atoms with E-state index in [1.54, 1.807) is 0 Å². The Labute approximate surface area is 86.6 Å². The number of aliphatic hydroxyl groups is 1. The van der Waals surface area contributed by atoms with Gasteiger partial charge in [-0.25, -0.2) is 0 Å². The third-order valence-corrected chi connectivity index (χ3v) is 2.87. The Kier molecular flexibility index (Phi) is 5.83. The molecule has 0 aromatic rings. The smallest absolute Gasteiger partial charge is 0.0445 e. The molecule has 3 N–H and O–H groups in total. The molecule has 0 aliphatic carbocycles. The molecule has 0 aromatic heterocycles. The van der Waals surface area contributed by atoms with Gasteiger partial charge < -0.3 is 15.7 Å². The van der Waals surface area contributed by atoms with E-state index >= 15 is 0 Å². The first-order chi connectivity index (χ1) is 6.88. The number of nitrogens with one attached hydrogen (secondary N) is 2. The number of aliphatic hydroxyl groups excluding tert-OH is 1. The Hall–Kier alpha value is -0.380. The molecule has 14 heavy (non-hydrogen) atoms. The molecule has 0 amide bonds. The van der Waals surface area contributed by atoms with Crippen LogP contribution in [0, 0.1) is 5.92 Å². The van der Waals surface area contributed by atoms with Gasteiger partial charge in [0.2, 0.25) is 0 Å². The van der Waals surface area contributed by atoms with Crippen LogP contribution in [0.3, 0.4) is 0 Å². The van der Waals surface area contributed by atoms with Gasteiger partial charge in [-0.3, -0.25) is 0 Å². The summed E-state index contributed by atoms with van der Waals surface area (Å²) in [4.78, 5) is 0. The Bertz CT molecular complexity index is 155. The van der Waals surface area contributed by atoms with Crippen LogP contribution in [-0.4, -0.2) is 37.4 Å². The Balaban J connectivity index is 2.33. The zero-order chi connectivity index (χ0) is 10.2. The number of hydrogen-bond donors (Lipinski definition) is 3. The molecule has 1 rings (SSSR count). The standard InChI is InChI=1S/C11H22N2O/c1-2-6-13-11(5-8-14)10-4-3-7-12-9-10/h2,10-14H,1,3-9H2/t10-,11?/m1/s1. The van der Waals surface area contributed by atoms with E-state index in [0.717, 1.165) is 26.1 Å². The summed E-state index contributed by atoms with van der Waals surface area (Å²) in [5, 5.41) is 15.8. The molecule has 82 valence electrons. The average molecular weight is 198 g/mol. The van der Waals surface area contributed by atoms with Crippen molar-refractivity contribution in [3.8, 4) is 0 Å². The van der Waals surface area contributed by atoms with Gasteiger partial charge in [-0.2, -0.15) is 0 Å². The first-order valence-corrected chi connectivity index (χ1v) is 5.54. The average Bonchev–Trinajstić information content (AvgIpc) is 2.25. The lowest BCUT2D eigenvalue weighted by Crippen LogP contribution is -2.44. The van der Waals surface area contributed by atoms with Crippen LogP contribution in [0.2, 0.25) is 0 Å². The summed E-state index contributed by atoms with van der Waals surface area (Å²) in [5.41, 5.74) is 0. The first kappa shape index (κ1) is 11.7. The largest absolute Gasteiger partial charge is 0.396 e. The van der Waals surface area contributed by atoms with Crippen molar-refractivity contribution in [3.63, 3.8) is 0 Å². The van der Waals surface area contributed by atoms with Crippen LogP contribution < -0.4 is 10.6 Å². The zero-order valence-electron chi connectivity index (χ0n) is 8.84. The van der Waals surface area contributed by atoms with Crippen molar-refractivity contribution < 1.29 is 5.11 Å². The summed E-state index contributed by atoms with van der Waals surface area (Å²) < 4.78 is 0. The third kappa shape index (κ3) is 3.78. The molecule has 0 saturated carbocycles. The molecule has 1 saturated heterocycles. The molecule has 0 spiro atoms. The second-order valence-electron chi connectivity index (χ2n) is 3.92. The molecule has 0 radical (unpaired) electrons. The molecule has 1 unspecified atom stereocenters. The SMILES string of the molecule is C=CCNC(CCO)[C@@H]1CCCNC1. The van der Waals surface area contributed by atoms with Gasteiger partial charge in [0.15, 0.2) is 0 Å². The van der Waals surface area contributed by atoms with Crippen LogP contribution in [0.25, 0.3) is 0 Å². The summed E-state index contributed by atoms with van der Waals surface area (Å²) in [7, 11) is 0. The molecule has 3 heteroatoms. The van der Waals surface area contributed by atoms with Gasteiger partial charge in [-0.1, -0.05) is 6.08 Å². The van der Waals surface area contributed by atoms with Gasteiger partial charge in [0, 0.05) is 19.2 Å². The molecule has 1 heterocycles. The summed E-state index contributed by atoms with van der Waals surface area (Å²) in [6, 6.07) is 0.436. The molecule has 1 fully saturated rings. The molecule has 0 aromatic carbocycles. The van der Waals surface area contributed by atoms with E-state index in [1.165, 1.54) is 12.8 Å². The molecule has 2 atom stereocenters. The molecule has 0 bridgehead atoms. The maximum absolute atomic E-state index is 8.98. The molecule has 3 nitrogen and oxygen atoms in total. The van der Waals surface area contributed by atoms with Crippen molar-refractivity contribution in [3.05, 3.63) is 12.7 Å². The predicted molar refractivity (Wildman–Crippen MR) is 59.3 cm³/mol. The fourth-order valence-electron chi connectivity index (χ4n) is 2.10. The Morgan fingerprint density at radius 1 is 1.64 bits per heavy atom. The van der Waals surface area contributed by atoms with Gasteiger partial charge in [-0.05, 0) is 38.3 Å². The summed E-state index contributed by atoms with van der Waals surface area (Å²) in [6.45, 7) is 7.02. The normalized spacial score (nSPS) is 24.5. The van der Waals surface area contributed by atoms with E-state index in [2.05, 4.69) is 17.2 Å². The van der Waals surface area contributed by atoms with Crippen LogP contribution in [-0.2, 0) is 0 Å². The third-order valence-electron chi connectivity index (χ3n) is 2.87. The minimum Gasteiger partial charge on any atom is -0.396 e. The lowest BCUT2D eigenvalue weighted by atomic mass is 9.90. The molecular weight excluding hydrogens is 176 g/mol. The van der Waals surface area contributed by atoms with Crippen LogP contribution in [0.5, 0.6) is 0 Å². The van der Waals surface area contributed by atoms with Gasteiger partial charge in [0.25, 0.3) is 0 Å². The number of hydrogen-bond acceptors (Lipinski definition) is 3. The lowest BCUT2D eigenvalue weighted by Gasteiger charge is -2.31. The minimum atomic E-state index is 0.269. The van der Waals surface area contributed by atoms with Gasteiger partial charge in [0.1, 0.15) is 0 Å². The lowest BCUT2D eigenvalue weighted by molar-refractivity contribution is 0.217. The second-order valence-corrected chi connectivity index (χ2v) is 3.92. The Morgan fingerprint density at radius 3 is 3.07 bits per heavy atom. The number of rotatable bonds is 6. The van der Waals surface area contributed by atoms with E-state index in [0.29, 0.717) is 12.0 Å². The fourth-order valence-corrected chi connectivity index (χ4v) is 2.10. The van der Waals surface area contributed by atoms with Gasteiger partial charge in [-0.15, -0.1) is 6.58 Å². The highest BCUT2D eigenvalue weighted by molar-refractivity contribution is 4.83. The van der Waals surface area contributed by atoms with Crippen LogP contribution in [0.4, 0.5) is 0 Å². The summed E-state index contributed by atoms with van der Waals surface area (Å²) in [5.74, 6) is 0.663. The monoisotopic (exact) mass is 198 g/mol. The molecular formula is C11H22N2O. The van der Waals surface area contributed by atoms with Crippen LogP contribution in [0.15, 0.2) is 12.7 Å². The van der Waals surface area contributed by atoms with E-state index in [-0.39, 0.29) is 6.61 Å². The first-order valence-electron chi connectivity index (χ1n) is 5.54. The predicted octanol–water partition coefficient (Wildman–Crippen LogP) is 0.513. The summed E-state index contributed by atoms with van der Waals surface area (Å²) in [6.07, 6.45) is 5.24. The molecule has 1 aliphatic rings.